The lowest BCUT2D eigenvalue weighted by atomic mass is 10.1. The molecule has 0 bridgehead atoms. The van der Waals surface area contributed by atoms with E-state index in [0.29, 0.717) is 6.42 Å². The topological polar surface area (TPSA) is 72.8 Å². The van der Waals surface area contributed by atoms with Crippen LogP contribution in [-0.2, 0) is 19.1 Å². The van der Waals surface area contributed by atoms with Crippen LogP contribution in [0.25, 0.3) is 0 Å². The molecule has 1 N–H and O–H groups in total. The maximum atomic E-state index is 11.4. The van der Waals surface area contributed by atoms with Crippen molar-refractivity contribution in [2.45, 2.75) is 58.5 Å². The lowest BCUT2D eigenvalue weighted by Crippen LogP contribution is -2.25. The number of carbonyl (C=O) groups is 2. The molecule has 1 unspecified atom stereocenters. The van der Waals surface area contributed by atoms with Crippen LogP contribution in [0, 0.1) is 0 Å². The van der Waals surface area contributed by atoms with Crippen molar-refractivity contribution in [1.29, 1.82) is 0 Å². The summed E-state index contributed by atoms with van der Waals surface area (Å²) >= 11 is 0. The van der Waals surface area contributed by atoms with Crippen LogP contribution in [0.3, 0.4) is 0 Å². The predicted octanol–water partition coefficient (Wildman–Crippen LogP) is 2.37. The van der Waals surface area contributed by atoms with Gasteiger partial charge in [-0.05, 0) is 13.3 Å². The van der Waals surface area contributed by atoms with Crippen LogP contribution >= 0.6 is 0 Å². The van der Waals surface area contributed by atoms with Crippen molar-refractivity contribution in [2.75, 3.05) is 13.2 Å². The number of aliphatic hydroxyl groups excluding tert-OH is 1. The van der Waals surface area contributed by atoms with E-state index < -0.39 is 12.1 Å². The third kappa shape index (κ3) is 10.6. The number of rotatable bonds is 11. The summed E-state index contributed by atoms with van der Waals surface area (Å²) in [7, 11) is 0. The summed E-state index contributed by atoms with van der Waals surface area (Å²) in [4.78, 5) is 22.4. The molecule has 0 aliphatic heterocycles. The van der Waals surface area contributed by atoms with E-state index in [4.69, 9.17) is 9.47 Å². The van der Waals surface area contributed by atoms with Gasteiger partial charge in [0.05, 0.1) is 0 Å². The molecule has 0 saturated heterocycles. The van der Waals surface area contributed by atoms with E-state index in [9.17, 15) is 14.7 Å². The highest BCUT2D eigenvalue weighted by Gasteiger charge is 2.12. The minimum absolute atomic E-state index is 0.155. The number of unbranched alkanes of at least 4 members (excludes halogenated alkanes) is 4. The van der Waals surface area contributed by atoms with E-state index in [2.05, 4.69) is 13.5 Å². The molecule has 0 aliphatic rings. The van der Waals surface area contributed by atoms with E-state index in [1.165, 1.54) is 19.8 Å². The molecule has 116 valence electrons. The average Bonchev–Trinajstić information content (AvgIpc) is 2.42. The first kappa shape index (κ1) is 18.6. The molecule has 0 rings (SSSR count). The standard InChI is InChI=1S/C15H26O5/c1-4-5-6-7-8-9-14(17)19-10-13(16)11-20-15(18)12(2)3/h13,16H,2,4-11H2,1,3H3. The van der Waals surface area contributed by atoms with Gasteiger partial charge in [0, 0.05) is 12.0 Å². The van der Waals surface area contributed by atoms with Crippen LogP contribution in [0.1, 0.15) is 52.4 Å². The van der Waals surface area contributed by atoms with Crippen LogP contribution in [0.15, 0.2) is 12.2 Å². The van der Waals surface area contributed by atoms with Gasteiger partial charge in [0.25, 0.3) is 0 Å². The van der Waals surface area contributed by atoms with E-state index in [0.717, 1.165) is 19.3 Å². The van der Waals surface area contributed by atoms with E-state index in [-0.39, 0.29) is 24.8 Å². The number of carbonyl (C=O) groups excluding carboxylic acids is 2. The maximum Gasteiger partial charge on any atom is 0.333 e. The third-order valence-electron chi connectivity index (χ3n) is 2.68. The first-order valence-corrected chi connectivity index (χ1v) is 7.13. The summed E-state index contributed by atoms with van der Waals surface area (Å²) in [5.41, 5.74) is 0.265. The molecule has 20 heavy (non-hydrogen) atoms. The molecule has 0 aromatic heterocycles. The summed E-state index contributed by atoms with van der Waals surface area (Å²) in [6.07, 6.45) is 4.66. The normalized spacial score (nSPS) is 11.8. The second-order valence-corrected chi connectivity index (χ2v) is 4.88. The lowest BCUT2D eigenvalue weighted by Gasteiger charge is -2.11. The van der Waals surface area contributed by atoms with Gasteiger partial charge in [-0.25, -0.2) is 4.79 Å². The summed E-state index contributed by atoms with van der Waals surface area (Å²) < 4.78 is 9.64. The van der Waals surface area contributed by atoms with E-state index in [1.807, 2.05) is 0 Å². The van der Waals surface area contributed by atoms with Gasteiger partial charge in [-0.2, -0.15) is 0 Å². The zero-order valence-corrected chi connectivity index (χ0v) is 12.5. The summed E-state index contributed by atoms with van der Waals surface area (Å²) in [5.74, 6) is -0.891. The van der Waals surface area contributed by atoms with Crippen LogP contribution in [0.2, 0.25) is 0 Å². The van der Waals surface area contributed by atoms with Crippen LogP contribution in [0.5, 0.6) is 0 Å². The first-order valence-electron chi connectivity index (χ1n) is 7.13. The Morgan fingerprint density at radius 1 is 1.10 bits per heavy atom. The molecule has 5 heteroatoms. The number of hydrogen-bond acceptors (Lipinski definition) is 5. The van der Waals surface area contributed by atoms with Crippen molar-refractivity contribution >= 4 is 11.9 Å². The molecule has 0 heterocycles. The molecule has 0 radical (unpaired) electrons. The molecule has 0 aromatic rings. The highest BCUT2D eigenvalue weighted by Crippen LogP contribution is 2.06. The smallest absolute Gasteiger partial charge is 0.333 e. The number of ether oxygens (including phenoxy) is 2. The van der Waals surface area contributed by atoms with E-state index >= 15 is 0 Å². The third-order valence-corrected chi connectivity index (χ3v) is 2.68. The fourth-order valence-electron chi connectivity index (χ4n) is 1.48. The molecule has 0 saturated carbocycles. The van der Waals surface area contributed by atoms with Gasteiger partial charge in [0.1, 0.15) is 19.3 Å². The lowest BCUT2D eigenvalue weighted by molar-refractivity contribution is -0.150. The second kappa shape index (κ2) is 11.5. The summed E-state index contributed by atoms with van der Waals surface area (Å²) in [5, 5.41) is 9.49. The van der Waals surface area contributed by atoms with Gasteiger partial charge in [-0.3, -0.25) is 4.79 Å². The Bertz CT molecular complexity index is 311. The molecule has 0 amide bonds. The SMILES string of the molecule is C=C(C)C(=O)OCC(O)COC(=O)CCCCCCC. The fourth-order valence-corrected chi connectivity index (χ4v) is 1.48. The quantitative estimate of drug-likeness (QED) is 0.358. The van der Waals surface area contributed by atoms with Crippen LogP contribution in [0.4, 0.5) is 0 Å². The molecular formula is C15H26O5. The fraction of sp³-hybridized carbons (Fsp3) is 0.733. The number of esters is 2. The highest BCUT2D eigenvalue weighted by molar-refractivity contribution is 5.86. The van der Waals surface area contributed by atoms with Gasteiger partial charge >= 0.3 is 11.9 Å². The van der Waals surface area contributed by atoms with Crippen molar-refractivity contribution < 1.29 is 24.2 Å². The predicted molar refractivity (Wildman–Crippen MR) is 76.1 cm³/mol. The zero-order valence-electron chi connectivity index (χ0n) is 12.5. The number of hydrogen-bond donors (Lipinski definition) is 1. The van der Waals surface area contributed by atoms with Crippen molar-refractivity contribution in [3.8, 4) is 0 Å². The van der Waals surface area contributed by atoms with Gasteiger partial charge in [0.2, 0.25) is 0 Å². The Labute approximate surface area is 121 Å². The Balaban J connectivity index is 3.58. The van der Waals surface area contributed by atoms with Crippen LogP contribution < -0.4 is 0 Å². The largest absolute Gasteiger partial charge is 0.463 e. The van der Waals surface area contributed by atoms with Crippen molar-refractivity contribution in [3.05, 3.63) is 12.2 Å². The summed E-state index contributed by atoms with van der Waals surface area (Å²) in [6, 6.07) is 0. The molecule has 1 atom stereocenters. The van der Waals surface area contributed by atoms with Crippen LogP contribution in [-0.4, -0.2) is 36.4 Å². The molecule has 0 aliphatic carbocycles. The Morgan fingerprint density at radius 2 is 1.70 bits per heavy atom. The molecule has 0 aromatic carbocycles. The van der Waals surface area contributed by atoms with E-state index in [1.54, 1.807) is 0 Å². The van der Waals surface area contributed by atoms with Crippen molar-refractivity contribution in [1.82, 2.24) is 0 Å². The number of aliphatic hydroxyl groups is 1. The Hall–Kier alpha value is -1.36. The minimum Gasteiger partial charge on any atom is -0.463 e. The zero-order chi connectivity index (χ0) is 15.4. The minimum atomic E-state index is -0.998. The Kier molecular flexibility index (Phi) is 10.7. The average molecular weight is 286 g/mol. The molecule has 5 nitrogen and oxygen atoms in total. The maximum absolute atomic E-state index is 11.4. The molecule has 0 spiro atoms. The van der Waals surface area contributed by atoms with Gasteiger partial charge in [0.15, 0.2) is 0 Å². The highest BCUT2D eigenvalue weighted by atomic mass is 16.6. The van der Waals surface area contributed by atoms with Gasteiger partial charge < -0.3 is 14.6 Å². The summed E-state index contributed by atoms with van der Waals surface area (Å²) in [6.45, 7) is 6.72. The monoisotopic (exact) mass is 286 g/mol. The van der Waals surface area contributed by atoms with Gasteiger partial charge in [-0.1, -0.05) is 39.2 Å². The molecular weight excluding hydrogens is 260 g/mol. The van der Waals surface area contributed by atoms with Crippen molar-refractivity contribution in [2.24, 2.45) is 0 Å². The van der Waals surface area contributed by atoms with Gasteiger partial charge in [-0.15, -0.1) is 0 Å². The molecule has 0 fully saturated rings. The van der Waals surface area contributed by atoms with Crippen molar-refractivity contribution in [3.63, 3.8) is 0 Å². The Morgan fingerprint density at radius 3 is 2.30 bits per heavy atom. The first-order chi connectivity index (χ1) is 9.47. The second-order valence-electron chi connectivity index (χ2n) is 4.88.